The van der Waals surface area contributed by atoms with Crippen molar-refractivity contribution in [3.8, 4) is 0 Å². The van der Waals surface area contributed by atoms with E-state index in [1.54, 1.807) is 0 Å². The first-order valence-corrected chi connectivity index (χ1v) is 5.26. The summed E-state index contributed by atoms with van der Waals surface area (Å²) in [5.74, 6) is -1.88. The van der Waals surface area contributed by atoms with Gasteiger partial charge in [-0.2, -0.15) is 0 Å². The molecule has 2 aromatic rings. The fraction of sp³-hybridized carbons (Fsp3) is 0. The van der Waals surface area contributed by atoms with Crippen molar-refractivity contribution < 1.29 is 14.7 Å². The SMILES string of the molecule is O=C(Nn1cccc(C(=O)O)c1=O)c1ccncc1. The van der Waals surface area contributed by atoms with Crippen molar-refractivity contribution in [1.82, 2.24) is 9.66 Å². The van der Waals surface area contributed by atoms with Gasteiger partial charge in [0, 0.05) is 24.2 Å². The average Bonchev–Trinajstić information content (AvgIpc) is 2.41. The van der Waals surface area contributed by atoms with Gasteiger partial charge < -0.3 is 5.11 Å². The van der Waals surface area contributed by atoms with Crippen LogP contribution in [0.3, 0.4) is 0 Å². The highest BCUT2D eigenvalue weighted by Gasteiger charge is 2.12. The highest BCUT2D eigenvalue weighted by molar-refractivity contribution is 5.99. The highest BCUT2D eigenvalue weighted by Crippen LogP contribution is 1.97. The number of carboxylic acids is 1. The molecule has 1 amide bonds. The molecule has 0 bridgehead atoms. The van der Waals surface area contributed by atoms with Crippen LogP contribution in [-0.2, 0) is 0 Å². The standard InChI is InChI=1S/C12H9N3O4/c16-10(8-3-5-13-6-4-8)14-15-7-1-2-9(11(15)17)12(18)19/h1-7H,(H,14,16)(H,18,19). The molecule has 0 unspecified atom stereocenters. The van der Waals surface area contributed by atoms with Crippen LogP contribution in [0.2, 0.25) is 0 Å². The highest BCUT2D eigenvalue weighted by atomic mass is 16.4. The van der Waals surface area contributed by atoms with Crippen molar-refractivity contribution in [3.63, 3.8) is 0 Å². The van der Waals surface area contributed by atoms with Crippen LogP contribution in [0.1, 0.15) is 20.7 Å². The van der Waals surface area contributed by atoms with Crippen LogP contribution in [0.25, 0.3) is 0 Å². The molecule has 0 atom stereocenters. The Kier molecular flexibility index (Phi) is 3.37. The van der Waals surface area contributed by atoms with Gasteiger partial charge in [0.15, 0.2) is 0 Å². The molecule has 2 N–H and O–H groups in total. The lowest BCUT2D eigenvalue weighted by Crippen LogP contribution is -2.35. The Morgan fingerprint density at radius 2 is 1.89 bits per heavy atom. The number of amides is 1. The first-order valence-electron chi connectivity index (χ1n) is 5.26. The second-order valence-corrected chi connectivity index (χ2v) is 3.58. The van der Waals surface area contributed by atoms with Gasteiger partial charge in [-0.1, -0.05) is 0 Å². The van der Waals surface area contributed by atoms with Crippen molar-refractivity contribution in [3.05, 3.63) is 64.3 Å². The molecule has 7 heteroatoms. The Bertz CT molecular complexity index is 679. The van der Waals surface area contributed by atoms with Gasteiger partial charge >= 0.3 is 5.97 Å². The molecule has 0 aliphatic rings. The number of rotatable bonds is 3. The Hall–Kier alpha value is -2.96. The lowest BCUT2D eigenvalue weighted by atomic mass is 10.2. The molecule has 0 saturated heterocycles. The zero-order valence-electron chi connectivity index (χ0n) is 9.61. The topological polar surface area (TPSA) is 101 Å². The smallest absolute Gasteiger partial charge is 0.341 e. The quantitative estimate of drug-likeness (QED) is 0.826. The molecule has 96 valence electrons. The summed E-state index contributed by atoms with van der Waals surface area (Å²) in [6.07, 6.45) is 4.14. The average molecular weight is 259 g/mol. The lowest BCUT2D eigenvalue weighted by Gasteiger charge is -2.08. The van der Waals surface area contributed by atoms with Gasteiger partial charge in [-0.25, -0.2) is 9.47 Å². The Balaban J connectivity index is 2.30. The van der Waals surface area contributed by atoms with Crippen molar-refractivity contribution in [2.75, 3.05) is 5.43 Å². The molecule has 0 saturated carbocycles. The molecular weight excluding hydrogens is 250 g/mol. The number of nitrogens with one attached hydrogen (secondary N) is 1. The van der Waals surface area contributed by atoms with E-state index in [2.05, 4.69) is 10.4 Å². The summed E-state index contributed by atoms with van der Waals surface area (Å²) in [7, 11) is 0. The summed E-state index contributed by atoms with van der Waals surface area (Å²) in [4.78, 5) is 38.1. The summed E-state index contributed by atoms with van der Waals surface area (Å²) in [6.45, 7) is 0. The fourth-order valence-electron chi connectivity index (χ4n) is 1.42. The first-order chi connectivity index (χ1) is 9.09. The van der Waals surface area contributed by atoms with E-state index in [9.17, 15) is 14.4 Å². The van der Waals surface area contributed by atoms with Crippen molar-refractivity contribution in [2.24, 2.45) is 0 Å². The first kappa shape index (κ1) is 12.5. The molecule has 0 aliphatic heterocycles. The van der Waals surface area contributed by atoms with E-state index in [1.807, 2.05) is 0 Å². The predicted molar refractivity (Wildman–Crippen MR) is 65.6 cm³/mol. The minimum absolute atomic E-state index is 0.308. The Labute approximate surface area is 107 Å². The van der Waals surface area contributed by atoms with Crippen LogP contribution in [-0.4, -0.2) is 26.6 Å². The second kappa shape index (κ2) is 5.13. The monoisotopic (exact) mass is 259 g/mol. The third kappa shape index (κ3) is 2.65. The molecule has 0 radical (unpaired) electrons. The number of hydrogen-bond donors (Lipinski definition) is 2. The number of hydrogen-bond acceptors (Lipinski definition) is 4. The maximum absolute atomic E-state index is 11.8. The fourth-order valence-corrected chi connectivity index (χ4v) is 1.42. The molecule has 0 fully saturated rings. The van der Waals surface area contributed by atoms with E-state index in [-0.39, 0.29) is 0 Å². The third-order valence-corrected chi connectivity index (χ3v) is 2.34. The van der Waals surface area contributed by atoms with Gasteiger partial charge in [-0.05, 0) is 24.3 Å². The minimum atomic E-state index is -1.35. The summed E-state index contributed by atoms with van der Waals surface area (Å²) in [6, 6.07) is 5.47. The van der Waals surface area contributed by atoms with Crippen LogP contribution in [0.15, 0.2) is 47.7 Å². The van der Waals surface area contributed by atoms with Crippen molar-refractivity contribution >= 4 is 11.9 Å². The van der Waals surface area contributed by atoms with Gasteiger partial charge in [-0.3, -0.25) is 20.0 Å². The van der Waals surface area contributed by atoms with E-state index >= 15 is 0 Å². The van der Waals surface area contributed by atoms with E-state index in [4.69, 9.17) is 5.11 Å². The van der Waals surface area contributed by atoms with Crippen LogP contribution in [0, 0.1) is 0 Å². The maximum Gasteiger partial charge on any atom is 0.341 e. The van der Waals surface area contributed by atoms with Gasteiger partial charge in [-0.15, -0.1) is 0 Å². The summed E-state index contributed by atoms with van der Waals surface area (Å²) in [5, 5.41) is 8.81. The lowest BCUT2D eigenvalue weighted by molar-refractivity contribution is 0.0693. The largest absolute Gasteiger partial charge is 0.477 e. The van der Waals surface area contributed by atoms with Crippen LogP contribution in [0.4, 0.5) is 0 Å². The van der Waals surface area contributed by atoms with Crippen LogP contribution < -0.4 is 11.0 Å². The summed E-state index contributed by atoms with van der Waals surface area (Å²) in [5.41, 5.74) is 1.38. The molecule has 2 rings (SSSR count). The van der Waals surface area contributed by atoms with E-state index in [0.29, 0.717) is 5.56 Å². The van der Waals surface area contributed by atoms with Gasteiger partial charge in [0.2, 0.25) is 0 Å². The zero-order chi connectivity index (χ0) is 13.8. The number of pyridine rings is 2. The van der Waals surface area contributed by atoms with Gasteiger partial charge in [0.05, 0.1) is 0 Å². The zero-order valence-corrected chi connectivity index (χ0v) is 9.61. The number of nitrogens with zero attached hydrogens (tertiary/aromatic N) is 2. The molecule has 0 spiro atoms. The minimum Gasteiger partial charge on any atom is -0.477 e. The Morgan fingerprint density at radius 1 is 1.21 bits per heavy atom. The molecule has 2 aromatic heterocycles. The van der Waals surface area contributed by atoms with Crippen molar-refractivity contribution in [2.45, 2.75) is 0 Å². The molecule has 7 nitrogen and oxygen atoms in total. The molecule has 2 heterocycles. The number of aromatic nitrogens is 2. The predicted octanol–water partition coefficient (Wildman–Crippen LogP) is 0.325. The normalized spacial score (nSPS) is 9.89. The van der Waals surface area contributed by atoms with E-state index < -0.39 is 23.0 Å². The number of carbonyl (C=O) groups excluding carboxylic acids is 1. The van der Waals surface area contributed by atoms with Crippen LogP contribution >= 0.6 is 0 Å². The van der Waals surface area contributed by atoms with E-state index in [1.165, 1.54) is 42.9 Å². The molecule has 19 heavy (non-hydrogen) atoms. The number of carbonyl (C=O) groups is 2. The number of carboxylic acid groups (broad SMARTS) is 1. The molecular formula is C12H9N3O4. The second-order valence-electron chi connectivity index (χ2n) is 3.58. The van der Waals surface area contributed by atoms with Crippen molar-refractivity contribution in [1.29, 1.82) is 0 Å². The molecule has 0 aromatic carbocycles. The summed E-state index contributed by atoms with van der Waals surface area (Å²) >= 11 is 0. The van der Waals surface area contributed by atoms with Crippen LogP contribution in [0.5, 0.6) is 0 Å². The Morgan fingerprint density at radius 3 is 2.53 bits per heavy atom. The maximum atomic E-state index is 11.8. The molecule has 0 aliphatic carbocycles. The van der Waals surface area contributed by atoms with Gasteiger partial charge in [0.25, 0.3) is 11.5 Å². The van der Waals surface area contributed by atoms with Gasteiger partial charge in [0.1, 0.15) is 5.56 Å². The summed E-state index contributed by atoms with van der Waals surface area (Å²) < 4.78 is 0.826. The third-order valence-electron chi connectivity index (χ3n) is 2.34. The number of aromatic carboxylic acids is 1. The van der Waals surface area contributed by atoms with E-state index in [0.717, 1.165) is 4.68 Å².